The van der Waals surface area contributed by atoms with Crippen molar-refractivity contribution in [3.8, 4) is 5.75 Å². The second-order valence-electron chi connectivity index (χ2n) is 5.34. The Kier molecular flexibility index (Phi) is 5.15. The van der Waals surface area contributed by atoms with Gasteiger partial charge in [-0.1, -0.05) is 26.0 Å². The first-order valence-corrected chi connectivity index (χ1v) is 7.01. The fourth-order valence-corrected chi connectivity index (χ4v) is 2.15. The highest BCUT2D eigenvalue weighted by atomic mass is 16.6. The van der Waals surface area contributed by atoms with Gasteiger partial charge in [0.2, 0.25) is 0 Å². The zero-order valence-corrected chi connectivity index (χ0v) is 12.3. The van der Waals surface area contributed by atoms with E-state index in [4.69, 9.17) is 14.2 Å². The van der Waals surface area contributed by atoms with Crippen LogP contribution in [0.1, 0.15) is 31.7 Å². The lowest BCUT2D eigenvalue weighted by Crippen LogP contribution is -2.52. The van der Waals surface area contributed by atoms with Crippen LogP contribution in [0.15, 0.2) is 24.3 Å². The highest BCUT2D eigenvalue weighted by molar-refractivity contribution is 5.90. The van der Waals surface area contributed by atoms with E-state index in [0.29, 0.717) is 25.6 Å². The second-order valence-corrected chi connectivity index (χ2v) is 5.34. The molecule has 2 rings (SSSR count). The number of carbonyl (C=O) groups excluding carboxylic acids is 1. The third kappa shape index (κ3) is 3.58. The molecule has 1 aromatic carbocycles. The molecule has 0 aromatic heterocycles. The van der Waals surface area contributed by atoms with Crippen LogP contribution in [0.25, 0.3) is 0 Å². The van der Waals surface area contributed by atoms with Crippen molar-refractivity contribution in [2.45, 2.75) is 38.4 Å². The summed E-state index contributed by atoms with van der Waals surface area (Å²) in [5.74, 6) is 1.36. The molecule has 2 unspecified atom stereocenters. The Morgan fingerprint density at radius 3 is 2.75 bits per heavy atom. The van der Waals surface area contributed by atoms with Crippen molar-refractivity contribution in [1.82, 2.24) is 0 Å². The molecule has 0 aliphatic heterocycles. The van der Waals surface area contributed by atoms with E-state index < -0.39 is 6.10 Å². The summed E-state index contributed by atoms with van der Waals surface area (Å²) >= 11 is 0. The summed E-state index contributed by atoms with van der Waals surface area (Å²) in [5, 5.41) is 0. The van der Waals surface area contributed by atoms with Crippen LogP contribution in [-0.2, 0) is 14.3 Å². The summed E-state index contributed by atoms with van der Waals surface area (Å²) < 4.78 is 16.3. The van der Waals surface area contributed by atoms with Crippen LogP contribution in [-0.4, -0.2) is 38.3 Å². The van der Waals surface area contributed by atoms with Gasteiger partial charge in [0.15, 0.2) is 11.9 Å². The number of ether oxygens (including phenoxy) is 3. The molecule has 4 nitrogen and oxygen atoms in total. The van der Waals surface area contributed by atoms with Crippen molar-refractivity contribution in [1.29, 1.82) is 0 Å². The van der Waals surface area contributed by atoms with Gasteiger partial charge < -0.3 is 14.2 Å². The molecule has 2 atom stereocenters. The Morgan fingerprint density at radius 1 is 1.30 bits per heavy atom. The van der Waals surface area contributed by atoms with E-state index in [9.17, 15) is 4.79 Å². The smallest absolute Gasteiger partial charge is 0.169 e. The van der Waals surface area contributed by atoms with Crippen molar-refractivity contribution >= 4 is 5.78 Å². The molecule has 1 saturated carbocycles. The molecule has 1 aromatic rings. The lowest BCUT2D eigenvalue weighted by molar-refractivity contribution is -0.156. The quantitative estimate of drug-likeness (QED) is 0.719. The number of Topliss-reactive ketones (excluding diaryl/α,β-unsaturated/α-hetero) is 1. The molecule has 1 fully saturated rings. The zero-order valence-electron chi connectivity index (χ0n) is 12.3. The number of ketones is 1. The maximum Gasteiger partial charge on any atom is 0.169 e. The van der Waals surface area contributed by atoms with Gasteiger partial charge >= 0.3 is 0 Å². The van der Waals surface area contributed by atoms with E-state index in [1.54, 1.807) is 7.11 Å². The Hall–Kier alpha value is -1.39. The molecule has 1 aliphatic rings. The van der Waals surface area contributed by atoms with Crippen LogP contribution < -0.4 is 4.74 Å². The molecule has 110 valence electrons. The number of hydrogen-bond acceptors (Lipinski definition) is 4. The molecule has 4 heteroatoms. The van der Waals surface area contributed by atoms with Crippen LogP contribution in [0.4, 0.5) is 0 Å². The van der Waals surface area contributed by atoms with Crippen LogP contribution >= 0.6 is 0 Å². The summed E-state index contributed by atoms with van der Waals surface area (Å²) in [7, 11) is 1.61. The highest BCUT2D eigenvalue weighted by Crippen LogP contribution is 2.27. The van der Waals surface area contributed by atoms with Crippen LogP contribution in [0.2, 0.25) is 0 Å². The first-order valence-electron chi connectivity index (χ1n) is 7.01. The Bertz CT molecular complexity index is 456. The van der Waals surface area contributed by atoms with Crippen molar-refractivity contribution < 1.29 is 19.0 Å². The lowest BCUT2D eigenvalue weighted by Gasteiger charge is -2.34. The van der Waals surface area contributed by atoms with Crippen molar-refractivity contribution in [3.63, 3.8) is 0 Å². The average molecular weight is 278 g/mol. The van der Waals surface area contributed by atoms with Gasteiger partial charge in [-0.25, -0.2) is 0 Å². The van der Waals surface area contributed by atoms with Crippen molar-refractivity contribution in [2.24, 2.45) is 0 Å². The maximum absolute atomic E-state index is 11.6. The predicted octanol–water partition coefficient (Wildman–Crippen LogP) is 2.56. The normalized spacial score (nSPS) is 21.9. The summed E-state index contributed by atoms with van der Waals surface area (Å²) in [6.07, 6.45) is -0.210. The summed E-state index contributed by atoms with van der Waals surface area (Å²) in [4.78, 5) is 11.6. The minimum absolute atomic E-state index is 0.103. The standard InChI is InChI=1S/C16H22O4/c1-11(2)12-5-4-6-13(9-12)20-15-10-14(17)16(15)19-8-7-18-3/h4-6,9,11,15-16H,7-8,10H2,1-3H3. The van der Waals surface area contributed by atoms with Gasteiger partial charge in [-0.3, -0.25) is 4.79 Å². The van der Waals surface area contributed by atoms with Gasteiger partial charge in [0, 0.05) is 13.5 Å². The fourth-order valence-electron chi connectivity index (χ4n) is 2.15. The van der Waals surface area contributed by atoms with E-state index >= 15 is 0 Å². The van der Waals surface area contributed by atoms with Gasteiger partial charge in [0.1, 0.15) is 11.9 Å². The van der Waals surface area contributed by atoms with E-state index in [-0.39, 0.29) is 11.9 Å². The van der Waals surface area contributed by atoms with Gasteiger partial charge in [0.25, 0.3) is 0 Å². The first kappa shape index (κ1) is 15.0. The fraction of sp³-hybridized carbons (Fsp3) is 0.562. The molecule has 0 bridgehead atoms. The monoisotopic (exact) mass is 278 g/mol. The average Bonchev–Trinajstić information content (AvgIpc) is 2.43. The molecule has 0 saturated heterocycles. The predicted molar refractivity (Wildman–Crippen MR) is 76.2 cm³/mol. The SMILES string of the molecule is COCCOC1C(=O)CC1Oc1cccc(C(C)C)c1. The van der Waals surface area contributed by atoms with Crippen molar-refractivity contribution in [2.75, 3.05) is 20.3 Å². The minimum Gasteiger partial charge on any atom is -0.487 e. The molecule has 0 heterocycles. The number of methoxy groups -OCH3 is 1. The number of carbonyl (C=O) groups is 1. The maximum atomic E-state index is 11.6. The largest absolute Gasteiger partial charge is 0.487 e. The van der Waals surface area contributed by atoms with Gasteiger partial charge in [-0.15, -0.1) is 0 Å². The first-order chi connectivity index (χ1) is 9.61. The molecule has 0 radical (unpaired) electrons. The molecule has 1 aliphatic carbocycles. The topological polar surface area (TPSA) is 44.8 Å². The Balaban J connectivity index is 1.92. The van der Waals surface area contributed by atoms with E-state index in [2.05, 4.69) is 19.9 Å². The zero-order chi connectivity index (χ0) is 14.5. The number of hydrogen-bond donors (Lipinski definition) is 0. The minimum atomic E-state index is -0.451. The van der Waals surface area contributed by atoms with E-state index in [0.717, 1.165) is 5.75 Å². The van der Waals surface area contributed by atoms with Crippen LogP contribution in [0, 0.1) is 0 Å². The Morgan fingerprint density at radius 2 is 2.10 bits per heavy atom. The Labute approximate surface area is 120 Å². The number of rotatable bonds is 7. The summed E-state index contributed by atoms with van der Waals surface area (Å²) in [5.41, 5.74) is 1.23. The van der Waals surface area contributed by atoms with Crippen LogP contribution in [0.5, 0.6) is 5.75 Å². The molecule has 20 heavy (non-hydrogen) atoms. The summed E-state index contributed by atoms with van der Waals surface area (Å²) in [6.45, 7) is 5.18. The lowest BCUT2D eigenvalue weighted by atomic mass is 9.90. The van der Waals surface area contributed by atoms with E-state index in [1.165, 1.54) is 5.56 Å². The van der Waals surface area contributed by atoms with E-state index in [1.807, 2.05) is 18.2 Å². The van der Waals surface area contributed by atoms with Crippen molar-refractivity contribution in [3.05, 3.63) is 29.8 Å². The van der Waals surface area contributed by atoms with Gasteiger partial charge in [0.05, 0.1) is 13.2 Å². The van der Waals surface area contributed by atoms with Crippen LogP contribution in [0.3, 0.4) is 0 Å². The third-order valence-corrected chi connectivity index (χ3v) is 3.45. The molecular formula is C16H22O4. The third-order valence-electron chi connectivity index (χ3n) is 3.45. The molecule has 0 N–H and O–H groups in total. The van der Waals surface area contributed by atoms with Gasteiger partial charge in [-0.05, 0) is 23.6 Å². The summed E-state index contributed by atoms with van der Waals surface area (Å²) in [6, 6.07) is 8.00. The molecule has 0 amide bonds. The highest BCUT2D eigenvalue weighted by Gasteiger charge is 2.42. The van der Waals surface area contributed by atoms with Gasteiger partial charge in [-0.2, -0.15) is 0 Å². The molecular weight excluding hydrogens is 256 g/mol. The second kappa shape index (κ2) is 6.86. The molecule has 0 spiro atoms. The number of benzene rings is 1.